The number of amides is 1. The van der Waals surface area contributed by atoms with Crippen LogP contribution in [0.15, 0.2) is 24.3 Å². The molecule has 0 atom stereocenters. The van der Waals surface area contributed by atoms with Crippen LogP contribution in [0.25, 0.3) is 0 Å². The van der Waals surface area contributed by atoms with Crippen molar-refractivity contribution in [1.29, 1.82) is 0 Å². The SMILES string of the molecule is O=C(CCI)Nc1cccc(B(O)O)c1. The third kappa shape index (κ3) is 4.19. The number of halogens is 1. The number of alkyl halides is 1. The van der Waals surface area contributed by atoms with Crippen LogP contribution in [-0.2, 0) is 4.79 Å². The summed E-state index contributed by atoms with van der Waals surface area (Å²) in [5.41, 5.74) is 0.942. The van der Waals surface area contributed by atoms with Crippen LogP contribution in [0.5, 0.6) is 0 Å². The molecule has 0 saturated heterocycles. The van der Waals surface area contributed by atoms with Gasteiger partial charge >= 0.3 is 7.12 Å². The first kappa shape index (κ1) is 12.5. The van der Waals surface area contributed by atoms with E-state index in [0.29, 0.717) is 17.6 Å². The molecule has 0 unspecified atom stereocenters. The normalized spacial score (nSPS) is 9.80. The van der Waals surface area contributed by atoms with Gasteiger partial charge in [-0.25, -0.2) is 0 Å². The lowest BCUT2D eigenvalue weighted by atomic mass is 9.80. The molecule has 0 radical (unpaired) electrons. The van der Waals surface area contributed by atoms with E-state index in [1.165, 1.54) is 6.07 Å². The van der Waals surface area contributed by atoms with Crippen molar-refractivity contribution in [2.24, 2.45) is 0 Å². The number of carbonyl (C=O) groups excluding carboxylic acids is 1. The van der Waals surface area contributed by atoms with Crippen molar-refractivity contribution in [3.05, 3.63) is 24.3 Å². The summed E-state index contributed by atoms with van der Waals surface area (Å²) in [6, 6.07) is 6.49. The van der Waals surface area contributed by atoms with Gasteiger partial charge in [-0.15, -0.1) is 0 Å². The second-order valence-electron chi connectivity index (χ2n) is 2.99. The number of benzene rings is 1. The predicted octanol–water partition coefficient (Wildman–Crippen LogP) is 0.130. The standard InChI is InChI=1S/C9H11BINO3/c11-5-4-9(13)12-8-3-1-2-7(6-8)10(14)15/h1-3,6,14-15H,4-5H2,(H,12,13). The molecule has 6 heteroatoms. The van der Waals surface area contributed by atoms with Gasteiger partial charge < -0.3 is 15.4 Å². The molecule has 1 rings (SSSR count). The van der Waals surface area contributed by atoms with Crippen LogP contribution in [0.1, 0.15) is 6.42 Å². The maximum Gasteiger partial charge on any atom is 0.488 e. The Balaban J connectivity index is 2.69. The molecule has 0 bridgehead atoms. The zero-order chi connectivity index (χ0) is 11.3. The molecular formula is C9H11BINO3. The van der Waals surface area contributed by atoms with Gasteiger partial charge in [0.05, 0.1) is 0 Å². The lowest BCUT2D eigenvalue weighted by Crippen LogP contribution is -2.30. The van der Waals surface area contributed by atoms with E-state index in [4.69, 9.17) is 10.0 Å². The lowest BCUT2D eigenvalue weighted by molar-refractivity contribution is -0.115. The molecule has 1 aromatic carbocycles. The fraction of sp³-hybridized carbons (Fsp3) is 0.222. The van der Waals surface area contributed by atoms with E-state index < -0.39 is 7.12 Å². The van der Waals surface area contributed by atoms with Gasteiger partial charge in [-0.1, -0.05) is 34.7 Å². The highest BCUT2D eigenvalue weighted by molar-refractivity contribution is 14.1. The highest BCUT2D eigenvalue weighted by atomic mass is 127. The summed E-state index contributed by atoms with van der Waals surface area (Å²) >= 11 is 2.12. The zero-order valence-electron chi connectivity index (χ0n) is 7.98. The molecule has 0 spiro atoms. The van der Waals surface area contributed by atoms with E-state index in [-0.39, 0.29) is 5.91 Å². The topological polar surface area (TPSA) is 69.6 Å². The van der Waals surface area contributed by atoms with Crippen LogP contribution in [0.4, 0.5) is 5.69 Å². The third-order valence-electron chi connectivity index (χ3n) is 1.79. The van der Waals surface area contributed by atoms with E-state index in [1.807, 2.05) is 0 Å². The first-order valence-corrected chi connectivity index (χ1v) is 5.98. The molecule has 3 N–H and O–H groups in total. The molecule has 15 heavy (non-hydrogen) atoms. The van der Waals surface area contributed by atoms with Gasteiger partial charge in [-0.2, -0.15) is 0 Å². The summed E-state index contributed by atoms with van der Waals surface area (Å²) in [7, 11) is -1.51. The smallest absolute Gasteiger partial charge is 0.423 e. The maximum atomic E-state index is 11.3. The Labute approximate surface area is 102 Å². The van der Waals surface area contributed by atoms with Gasteiger partial charge in [0.2, 0.25) is 5.91 Å². The van der Waals surface area contributed by atoms with Crippen LogP contribution in [0.3, 0.4) is 0 Å². The van der Waals surface area contributed by atoms with Crippen molar-refractivity contribution in [1.82, 2.24) is 0 Å². The first-order valence-electron chi connectivity index (χ1n) is 4.45. The second kappa shape index (κ2) is 6.09. The molecule has 0 heterocycles. The molecule has 0 aliphatic carbocycles. The van der Waals surface area contributed by atoms with Gasteiger partial charge in [0.25, 0.3) is 0 Å². The molecular weight excluding hydrogens is 308 g/mol. The summed E-state index contributed by atoms with van der Waals surface area (Å²) in [5.74, 6) is -0.0750. The van der Waals surface area contributed by atoms with Crippen molar-refractivity contribution in [3.8, 4) is 0 Å². The zero-order valence-corrected chi connectivity index (χ0v) is 10.1. The van der Waals surface area contributed by atoms with Crippen LogP contribution in [-0.4, -0.2) is 27.5 Å². The summed E-state index contributed by atoms with van der Waals surface area (Å²) in [5, 5.41) is 20.5. The van der Waals surface area contributed by atoms with Crippen LogP contribution < -0.4 is 10.8 Å². The minimum Gasteiger partial charge on any atom is -0.423 e. The molecule has 0 fully saturated rings. The van der Waals surface area contributed by atoms with Crippen LogP contribution >= 0.6 is 22.6 Å². The van der Waals surface area contributed by atoms with Crippen molar-refractivity contribution in [2.75, 3.05) is 9.74 Å². The van der Waals surface area contributed by atoms with Gasteiger partial charge in [0.1, 0.15) is 0 Å². The van der Waals surface area contributed by atoms with Crippen molar-refractivity contribution in [2.45, 2.75) is 6.42 Å². The highest BCUT2D eigenvalue weighted by Crippen LogP contribution is 2.05. The number of anilines is 1. The third-order valence-corrected chi connectivity index (χ3v) is 2.33. The fourth-order valence-electron chi connectivity index (χ4n) is 1.09. The molecule has 0 aliphatic rings. The summed E-state index contributed by atoms with van der Waals surface area (Å²) in [6.45, 7) is 0. The van der Waals surface area contributed by atoms with Crippen LogP contribution in [0.2, 0.25) is 0 Å². The quantitative estimate of drug-likeness (QED) is 0.420. The predicted molar refractivity (Wildman–Crippen MR) is 68.4 cm³/mol. The van der Waals surface area contributed by atoms with E-state index >= 15 is 0 Å². The molecule has 80 valence electrons. The molecule has 0 aromatic heterocycles. The largest absolute Gasteiger partial charge is 0.488 e. The Morgan fingerprint density at radius 1 is 1.47 bits per heavy atom. The van der Waals surface area contributed by atoms with Gasteiger partial charge in [0.15, 0.2) is 0 Å². The summed E-state index contributed by atoms with van der Waals surface area (Å²) < 4.78 is 0.756. The Morgan fingerprint density at radius 2 is 2.20 bits per heavy atom. The van der Waals surface area contributed by atoms with Crippen LogP contribution in [0, 0.1) is 0 Å². The summed E-state index contributed by atoms with van der Waals surface area (Å²) in [4.78, 5) is 11.3. The number of carbonyl (C=O) groups is 1. The first-order chi connectivity index (χ1) is 7.13. The molecule has 1 aromatic rings. The Bertz CT molecular complexity index is 346. The second-order valence-corrected chi connectivity index (χ2v) is 4.07. The molecule has 1 amide bonds. The minimum absolute atomic E-state index is 0.0750. The summed E-state index contributed by atoms with van der Waals surface area (Å²) in [6.07, 6.45) is 0.451. The van der Waals surface area contributed by atoms with E-state index in [0.717, 1.165) is 4.43 Å². The number of rotatable bonds is 4. The van der Waals surface area contributed by atoms with E-state index in [1.54, 1.807) is 18.2 Å². The maximum absolute atomic E-state index is 11.3. The fourth-order valence-corrected chi connectivity index (χ4v) is 1.58. The van der Waals surface area contributed by atoms with Crippen molar-refractivity contribution < 1.29 is 14.8 Å². The number of nitrogens with one attached hydrogen (secondary N) is 1. The average Bonchev–Trinajstić information content (AvgIpc) is 2.18. The van der Waals surface area contributed by atoms with Gasteiger partial charge in [-0.05, 0) is 17.6 Å². The highest BCUT2D eigenvalue weighted by Gasteiger charge is 2.11. The lowest BCUT2D eigenvalue weighted by Gasteiger charge is -2.06. The van der Waals surface area contributed by atoms with Gasteiger partial charge in [0, 0.05) is 16.5 Å². The molecule has 0 saturated carbocycles. The number of hydrogen-bond acceptors (Lipinski definition) is 3. The number of hydrogen-bond donors (Lipinski definition) is 3. The van der Waals surface area contributed by atoms with E-state index in [9.17, 15) is 4.79 Å². The van der Waals surface area contributed by atoms with Gasteiger partial charge in [-0.3, -0.25) is 4.79 Å². The average molecular weight is 319 g/mol. The molecule has 4 nitrogen and oxygen atoms in total. The minimum atomic E-state index is -1.51. The van der Waals surface area contributed by atoms with Crippen molar-refractivity contribution >= 4 is 46.8 Å². The van der Waals surface area contributed by atoms with E-state index in [2.05, 4.69) is 27.9 Å². The Kier molecular flexibility index (Phi) is 5.06. The Morgan fingerprint density at radius 3 is 2.80 bits per heavy atom. The monoisotopic (exact) mass is 319 g/mol. The Hall–Kier alpha value is -0.595. The van der Waals surface area contributed by atoms with Crippen molar-refractivity contribution in [3.63, 3.8) is 0 Å². The molecule has 0 aliphatic heterocycles.